The molecule has 0 spiro atoms. The second-order valence-corrected chi connectivity index (χ2v) is 4.96. The van der Waals surface area contributed by atoms with Gasteiger partial charge in [0.15, 0.2) is 0 Å². The third-order valence-electron chi connectivity index (χ3n) is 2.49. The quantitative estimate of drug-likeness (QED) is 0.695. The predicted molar refractivity (Wildman–Crippen MR) is 75.2 cm³/mol. The van der Waals surface area contributed by atoms with Crippen molar-refractivity contribution >= 4 is 29.0 Å². The van der Waals surface area contributed by atoms with Crippen molar-refractivity contribution in [2.75, 3.05) is 5.32 Å². The summed E-state index contributed by atoms with van der Waals surface area (Å²) in [5.41, 5.74) is 0.103. The van der Waals surface area contributed by atoms with Gasteiger partial charge in [0.25, 0.3) is 0 Å². The molecule has 0 unspecified atom stereocenters. The maximum atomic E-state index is 11.6. The van der Waals surface area contributed by atoms with Crippen LogP contribution in [-0.2, 0) is 6.54 Å². The fraction of sp³-hybridized carbons (Fsp3) is 0.0769. The number of hydrogen-bond donors (Lipinski definition) is 4. The Morgan fingerprint density at radius 1 is 1.25 bits per heavy atom. The first kappa shape index (κ1) is 13.9. The van der Waals surface area contributed by atoms with Crippen LogP contribution in [0.1, 0.15) is 15.2 Å². The molecule has 1 aromatic carbocycles. The van der Waals surface area contributed by atoms with Crippen LogP contribution in [0.15, 0.2) is 35.7 Å². The monoisotopic (exact) mass is 292 g/mol. The number of phenols is 1. The molecule has 0 radical (unpaired) electrons. The highest BCUT2D eigenvalue weighted by Crippen LogP contribution is 2.21. The molecule has 2 amide bonds. The zero-order chi connectivity index (χ0) is 14.5. The Kier molecular flexibility index (Phi) is 4.21. The summed E-state index contributed by atoms with van der Waals surface area (Å²) < 4.78 is 0. The van der Waals surface area contributed by atoms with Crippen molar-refractivity contribution in [1.82, 2.24) is 5.32 Å². The number of carbonyl (C=O) groups is 2. The van der Waals surface area contributed by atoms with Gasteiger partial charge in [-0.25, -0.2) is 9.59 Å². The Labute approximate surface area is 118 Å². The average molecular weight is 292 g/mol. The Morgan fingerprint density at radius 2 is 2.05 bits per heavy atom. The van der Waals surface area contributed by atoms with Crippen molar-refractivity contribution in [2.45, 2.75) is 6.54 Å². The van der Waals surface area contributed by atoms with Crippen LogP contribution >= 0.6 is 11.3 Å². The lowest BCUT2D eigenvalue weighted by Gasteiger charge is -2.08. The summed E-state index contributed by atoms with van der Waals surface area (Å²) in [6, 6.07) is 7.19. The molecule has 0 aliphatic carbocycles. The van der Waals surface area contributed by atoms with Gasteiger partial charge >= 0.3 is 12.0 Å². The Morgan fingerprint density at radius 3 is 2.65 bits per heavy atom. The van der Waals surface area contributed by atoms with Crippen LogP contribution in [-0.4, -0.2) is 22.2 Å². The topological polar surface area (TPSA) is 98.7 Å². The third-order valence-corrected chi connectivity index (χ3v) is 3.37. The first-order chi connectivity index (χ1) is 9.56. The standard InChI is InChI=1S/C13H12N2O4S/c16-11-6-8(3-4-10(11)12(17)18)15-13(19)14-7-9-2-1-5-20-9/h1-6,16H,7H2,(H,17,18)(H2,14,15,19). The minimum Gasteiger partial charge on any atom is -0.507 e. The summed E-state index contributed by atoms with van der Waals surface area (Å²) in [7, 11) is 0. The molecule has 2 rings (SSSR count). The normalized spacial score (nSPS) is 10.0. The molecular formula is C13H12N2O4S. The number of aromatic carboxylic acids is 1. The second kappa shape index (κ2) is 6.07. The van der Waals surface area contributed by atoms with E-state index in [0.717, 1.165) is 4.88 Å². The van der Waals surface area contributed by atoms with Crippen molar-refractivity contribution in [3.8, 4) is 5.75 Å². The third kappa shape index (κ3) is 3.48. The second-order valence-electron chi connectivity index (χ2n) is 3.92. The number of amides is 2. The largest absolute Gasteiger partial charge is 0.507 e. The van der Waals surface area contributed by atoms with E-state index in [9.17, 15) is 14.7 Å². The molecule has 0 fully saturated rings. The first-order valence-corrected chi connectivity index (χ1v) is 6.58. The number of urea groups is 1. The SMILES string of the molecule is O=C(NCc1cccs1)Nc1ccc(C(=O)O)c(O)c1. The van der Waals surface area contributed by atoms with Crippen LogP contribution in [0.5, 0.6) is 5.75 Å². The highest BCUT2D eigenvalue weighted by atomic mass is 32.1. The molecule has 0 saturated heterocycles. The number of carboxylic acid groups (broad SMARTS) is 1. The highest BCUT2D eigenvalue weighted by molar-refractivity contribution is 7.09. The van der Waals surface area contributed by atoms with E-state index in [1.165, 1.54) is 29.5 Å². The van der Waals surface area contributed by atoms with E-state index in [2.05, 4.69) is 10.6 Å². The van der Waals surface area contributed by atoms with E-state index < -0.39 is 17.7 Å². The van der Waals surface area contributed by atoms with E-state index in [-0.39, 0.29) is 5.56 Å². The van der Waals surface area contributed by atoms with Gasteiger partial charge in [0, 0.05) is 16.6 Å². The van der Waals surface area contributed by atoms with Gasteiger partial charge in [-0.2, -0.15) is 0 Å². The number of aromatic hydroxyl groups is 1. The minimum atomic E-state index is -1.23. The summed E-state index contributed by atoms with van der Waals surface area (Å²) in [6.07, 6.45) is 0. The maximum absolute atomic E-state index is 11.6. The molecule has 6 nitrogen and oxygen atoms in total. The number of hydrogen-bond acceptors (Lipinski definition) is 4. The van der Waals surface area contributed by atoms with Crippen LogP contribution in [0.4, 0.5) is 10.5 Å². The van der Waals surface area contributed by atoms with Gasteiger partial charge < -0.3 is 20.8 Å². The summed E-state index contributed by atoms with van der Waals surface area (Å²) in [5.74, 6) is -1.62. The first-order valence-electron chi connectivity index (χ1n) is 5.70. The molecule has 0 aliphatic rings. The van der Waals surface area contributed by atoms with Crippen LogP contribution in [0, 0.1) is 0 Å². The van der Waals surface area contributed by atoms with E-state index in [4.69, 9.17) is 5.11 Å². The fourth-order valence-corrected chi connectivity index (χ4v) is 2.19. The smallest absolute Gasteiger partial charge is 0.339 e. The highest BCUT2D eigenvalue weighted by Gasteiger charge is 2.10. The van der Waals surface area contributed by atoms with E-state index in [1.807, 2.05) is 17.5 Å². The molecule has 0 bridgehead atoms. The number of benzene rings is 1. The number of anilines is 1. The van der Waals surface area contributed by atoms with Gasteiger partial charge in [0.05, 0.1) is 6.54 Å². The predicted octanol–water partition coefficient (Wildman–Crippen LogP) is 2.47. The number of nitrogens with one attached hydrogen (secondary N) is 2. The Bertz CT molecular complexity index is 625. The van der Waals surface area contributed by atoms with Crippen LogP contribution in [0.2, 0.25) is 0 Å². The summed E-state index contributed by atoms with van der Waals surface area (Å²) in [5, 5.41) is 25.4. The molecular weight excluding hydrogens is 280 g/mol. The van der Waals surface area contributed by atoms with Gasteiger partial charge in [-0.1, -0.05) is 6.07 Å². The summed E-state index contributed by atoms with van der Waals surface area (Å²) in [4.78, 5) is 23.4. The van der Waals surface area contributed by atoms with Gasteiger partial charge in [-0.3, -0.25) is 0 Å². The van der Waals surface area contributed by atoms with Crippen LogP contribution in [0.25, 0.3) is 0 Å². The van der Waals surface area contributed by atoms with Gasteiger partial charge in [-0.15, -0.1) is 11.3 Å². The molecule has 0 atom stereocenters. The van der Waals surface area contributed by atoms with Gasteiger partial charge in [-0.05, 0) is 23.6 Å². The van der Waals surface area contributed by atoms with E-state index in [0.29, 0.717) is 12.2 Å². The van der Waals surface area contributed by atoms with E-state index in [1.54, 1.807) is 0 Å². The minimum absolute atomic E-state index is 0.213. The number of rotatable bonds is 4. The molecule has 104 valence electrons. The molecule has 0 aliphatic heterocycles. The van der Waals surface area contributed by atoms with Crippen LogP contribution < -0.4 is 10.6 Å². The van der Waals surface area contributed by atoms with Gasteiger partial charge in [0.1, 0.15) is 11.3 Å². The fourth-order valence-electron chi connectivity index (χ4n) is 1.55. The number of carboxylic acids is 1. The molecule has 20 heavy (non-hydrogen) atoms. The van der Waals surface area contributed by atoms with E-state index >= 15 is 0 Å². The molecule has 1 heterocycles. The summed E-state index contributed by atoms with van der Waals surface area (Å²) in [6.45, 7) is 0.405. The molecule has 2 aromatic rings. The van der Waals surface area contributed by atoms with Crippen molar-refractivity contribution in [3.63, 3.8) is 0 Å². The zero-order valence-electron chi connectivity index (χ0n) is 10.3. The molecule has 7 heteroatoms. The van der Waals surface area contributed by atoms with Crippen molar-refractivity contribution < 1.29 is 19.8 Å². The molecule has 1 aromatic heterocycles. The molecule has 0 saturated carbocycles. The summed E-state index contributed by atoms with van der Waals surface area (Å²) >= 11 is 1.53. The number of thiophene rings is 1. The lowest BCUT2D eigenvalue weighted by molar-refractivity contribution is 0.0694. The zero-order valence-corrected chi connectivity index (χ0v) is 11.1. The Balaban J connectivity index is 1.94. The maximum Gasteiger partial charge on any atom is 0.339 e. The lowest BCUT2D eigenvalue weighted by atomic mass is 10.2. The molecule has 4 N–H and O–H groups in total. The van der Waals surface area contributed by atoms with Gasteiger partial charge in [0.2, 0.25) is 0 Å². The number of carbonyl (C=O) groups excluding carboxylic acids is 1. The van der Waals surface area contributed by atoms with Crippen molar-refractivity contribution in [3.05, 3.63) is 46.2 Å². The van der Waals surface area contributed by atoms with Crippen LogP contribution in [0.3, 0.4) is 0 Å². The average Bonchev–Trinajstić information content (AvgIpc) is 2.89. The van der Waals surface area contributed by atoms with Crippen molar-refractivity contribution in [1.29, 1.82) is 0 Å². The lowest BCUT2D eigenvalue weighted by Crippen LogP contribution is -2.27. The Hall–Kier alpha value is -2.54. The van der Waals surface area contributed by atoms with Crippen molar-refractivity contribution in [2.24, 2.45) is 0 Å².